The summed E-state index contributed by atoms with van der Waals surface area (Å²) in [4.78, 5) is 12.3. The number of rotatable bonds is 1. The SMILES string of the molecule is C=C=CN1C(=O)CC1C. The molecule has 0 aliphatic carbocycles. The molecule has 9 heavy (non-hydrogen) atoms. The molecule has 1 saturated heterocycles. The first-order chi connectivity index (χ1) is 4.25. The van der Waals surface area contributed by atoms with Gasteiger partial charge in [-0.25, -0.2) is 0 Å². The Morgan fingerprint density at radius 1 is 2.00 bits per heavy atom. The summed E-state index contributed by atoms with van der Waals surface area (Å²) in [6, 6.07) is 0.353. The van der Waals surface area contributed by atoms with Crippen molar-refractivity contribution < 1.29 is 4.79 Å². The van der Waals surface area contributed by atoms with Crippen molar-refractivity contribution in [2.75, 3.05) is 0 Å². The van der Waals surface area contributed by atoms with Crippen LogP contribution in [0.5, 0.6) is 0 Å². The average molecular weight is 123 g/mol. The van der Waals surface area contributed by atoms with Crippen LogP contribution in [0.4, 0.5) is 0 Å². The van der Waals surface area contributed by atoms with E-state index in [1.807, 2.05) is 6.92 Å². The highest BCUT2D eigenvalue weighted by atomic mass is 16.2. The van der Waals surface area contributed by atoms with Gasteiger partial charge in [-0.3, -0.25) is 4.79 Å². The Morgan fingerprint density at radius 2 is 2.67 bits per heavy atom. The van der Waals surface area contributed by atoms with E-state index in [0.29, 0.717) is 12.5 Å². The lowest BCUT2D eigenvalue weighted by molar-refractivity contribution is -0.140. The van der Waals surface area contributed by atoms with E-state index in [1.54, 1.807) is 11.1 Å². The Hall–Kier alpha value is -1.01. The maximum absolute atomic E-state index is 10.7. The first kappa shape index (κ1) is 6.12. The van der Waals surface area contributed by atoms with Gasteiger partial charge in [-0.15, -0.1) is 5.73 Å². The van der Waals surface area contributed by atoms with E-state index in [0.717, 1.165) is 0 Å². The molecule has 0 saturated carbocycles. The lowest BCUT2D eigenvalue weighted by atomic mass is 10.1. The number of carbonyl (C=O) groups excluding carboxylic acids is 1. The van der Waals surface area contributed by atoms with Crippen LogP contribution in [0.3, 0.4) is 0 Å². The van der Waals surface area contributed by atoms with Gasteiger partial charge in [0.2, 0.25) is 5.91 Å². The molecule has 2 nitrogen and oxygen atoms in total. The zero-order valence-corrected chi connectivity index (χ0v) is 5.42. The fourth-order valence-electron chi connectivity index (χ4n) is 0.887. The van der Waals surface area contributed by atoms with Crippen LogP contribution >= 0.6 is 0 Å². The van der Waals surface area contributed by atoms with E-state index in [9.17, 15) is 4.79 Å². The molecule has 0 aromatic carbocycles. The number of likely N-dealkylation sites (tertiary alicyclic amines) is 1. The molecule has 1 amide bonds. The highest BCUT2D eigenvalue weighted by Gasteiger charge is 2.29. The van der Waals surface area contributed by atoms with Crippen LogP contribution in [-0.2, 0) is 4.79 Å². The lowest BCUT2D eigenvalue weighted by Gasteiger charge is -2.34. The monoisotopic (exact) mass is 123 g/mol. The van der Waals surface area contributed by atoms with Crippen molar-refractivity contribution in [3.63, 3.8) is 0 Å². The minimum Gasteiger partial charge on any atom is -0.309 e. The zero-order valence-electron chi connectivity index (χ0n) is 5.42. The number of carbonyl (C=O) groups is 1. The topological polar surface area (TPSA) is 20.3 Å². The molecule has 48 valence electrons. The Balaban J connectivity index is 2.58. The molecule has 1 rings (SSSR count). The van der Waals surface area contributed by atoms with Gasteiger partial charge in [0.25, 0.3) is 0 Å². The van der Waals surface area contributed by atoms with Crippen LogP contribution in [0.1, 0.15) is 13.3 Å². The van der Waals surface area contributed by atoms with Gasteiger partial charge in [-0.1, -0.05) is 6.58 Å². The molecule has 0 N–H and O–H groups in total. The second kappa shape index (κ2) is 2.08. The summed E-state index contributed by atoms with van der Waals surface area (Å²) in [6.07, 6.45) is 2.26. The molecule has 0 aromatic heterocycles. The van der Waals surface area contributed by atoms with Gasteiger partial charge in [0, 0.05) is 18.7 Å². The number of β-lactam (4-membered cyclic amide) rings is 1. The highest BCUT2D eigenvalue weighted by Crippen LogP contribution is 2.17. The molecular weight excluding hydrogens is 114 g/mol. The predicted molar refractivity (Wildman–Crippen MR) is 34.6 cm³/mol. The van der Waals surface area contributed by atoms with Crippen LogP contribution in [0.15, 0.2) is 18.5 Å². The van der Waals surface area contributed by atoms with Gasteiger partial charge in [0.15, 0.2) is 0 Å². The number of hydrogen-bond donors (Lipinski definition) is 0. The minimum absolute atomic E-state index is 0.165. The van der Waals surface area contributed by atoms with Crippen molar-refractivity contribution >= 4 is 5.91 Å². The van der Waals surface area contributed by atoms with Crippen LogP contribution in [0.25, 0.3) is 0 Å². The van der Waals surface area contributed by atoms with Crippen molar-refractivity contribution in [1.82, 2.24) is 4.90 Å². The van der Waals surface area contributed by atoms with E-state index in [1.165, 1.54) is 0 Å². The fraction of sp³-hybridized carbons (Fsp3) is 0.429. The molecule has 1 fully saturated rings. The molecule has 0 bridgehead atoms. The van der Waals surface area contributed by atoms with Gasteiger partial charge < -0.3 is 4.90 Å². The van der Waals surface area contributed by atoms with Crippen molar-refractivity contribution in [2.45, 2.75) is 19.4 Å². The summed E-state index contributed by atoms with van der Waals surface area (Å²) >= 11 is 0. The zero-order chi connectivity index (χ0) is 6.85. The Morgan fingerprint density at radius 3 is 2.89 bits per heavy atom. The Bertz CT molecular complexity index is 177. The van der Waals surface area contributed by atoms with Gasteiger partial charge in [0.05, 0.1) is 0 Å². The quantitative estimate of drug-likeness (QED) is 0.375. The van der Waals surface area contributed by atoms with Gasteiger partial charge in [-0.2, -0.15) is 0 Å². The second-order valence-electron chi connectivity index (χ2n) is 2.19. The van der Waals surface area contributed by atoms with E-state index in [-0.39, 0.29) is 5.91 Å². The molecule has 0 aromatic rings. The summed E-state index contributed by atoms with van der Waals surface area (Å²) in [5.74, 6) is 0.165. The summed E-state index contributed by atoms with van der Waals surface area (Å²) in [6.45, 7) is 5.37. The molecule has 1 aliphatic rings. The average Bonchev–Trinajstić information content (AvgIpc) is 1.84. The highest BCUT2D eigenvalue weighted by molar-refractivity contribution is 5.83. The predicted octanol–water partition coefficient (Wildman–Crippen LogP) is 0.906. The Labute approximate surface area is 54.5 Å². The van der Waals surface area contributed by atoms with Crippen molar-refractivity contribution in [3.05, 3.63) is 18.5 Å². The third kappa shape index (κ3) is 0.889. The maximum Gasteiger partial charge on any atom is 0.229 e. The van der Waals surface area contributed by atoms with Crippen molar-refractivity contribution in [1.29, 1.82) is 0 Å². The molecule has 0 spiro atoms. The summed E-state index contributed by atoms with van der Waals surface area (Å²) in [5, 5.41) is 0. The summed E-state index contributed by atoms with van der Waals surface area (Å²) < 4.78 is 0. The first-order valence-electron chi connectivity index (χ1n) is 2.93. The number of hydrogen-bond acceptors (Lipinski definition) is 1. The minimum atomic E-state index is 0.165. The molecule has 0 radical (unpaired) electrons. The van der Waals surface area contributed by atoms with E-state index < -0.39 is 0 Å². The second-order valence-corrected chi connectivity index (χ2v) is 2.19. The normalized spacial score (nSPS) is 24.8. The van der Waals surface area contributed by atoms with Gasteiger partial charge in [-0.05, 0) is 6.92 Å². The maximum atomic E-state index is 10.7. The van der Waals surface area contributed by atoms with Crippen LogP contribution in [-0.4, -0.2) is 16.8 Å². The molecule has 1 heterocycles. The summed E-state index contributed by atoms with van der Waals surface area (Å²) in [7, 11) is 0. The summed E-state index contributed by atoms with van der Waals surface area (Å²) in [5.41, 5.74) is 2.56. The van der Waals surface area contributed by atoms with E-state index in [2.05, 4.69) is 12.3 Å². The molecule has 2 heteroatoms. The molecule has 1 aliphatic heterocycles. The third-order valence-corrected chi connectivity index (χ3v) is 1.46. The first-order valence-corrected chi connectivity index (χ1v) is 2.93. The van der Waals surface area contributed by atoms with Gasteiger partial charge in [0.1, 0.15) is 0 Å². The van der Waals surface area contributed by atoms with E-state index in [4.69, 9.17) is 0 Å². The van der Waals surface area contributed by atoms with Crippen molar-refractivity contribution in [2.24, 2.45) is 0 Å². The van der Waals surface area contributed by atoms with E-state index >= 15 is 0 Å². The van der Waals surface area contributed by atoms with Crippen molar-refractivity contribution in [3.8, 4) is 0 Å². The lowest BCUT2D eigenvalue weighted by Crippen LogP contribution is -2.46. The smallest absolute Gasteiger partial charge is 0.229 e. The number of nitrogens with zero attached hydrogens (tertiary/aromatic N) is 1. The van der Waals surface area contributed by atoms with Crippen LogP contribution < -0.4 is 0 Å². The third-order valence-electron chi connectivity index (χ3n) is 1.46. The molecule has 1 atom stereocenters. The Kier molecular flexibility index (Phi) is 1.41. The fourth-order valence-corrected chi connectivity index (χ4v) is 0.887. The number of amides is 1. The van der Waals surface area contributed by atoms with Crippen LogP contribution in [0, 0.1) is 0 Å². The largest absolute Gasteiger partial charge is 0.309 e. The van der Waals surface area contributed by atoms with Crippen LogP contribution in [0.2, 0.25) is 0 Å². The standard InChI is InChI=1S/C7H9NO/c1-3-4-8-6(2)5-7(8)9/h4,6H,1,5H2,2H3. The van der Waals surface area contributed by atoms with Gasteiger partial charge >= 0.3 is 0 Å². The molecule has 1 unspecified atom stereocenters. The molecular formula is C7H9NO.